The Kier molecular flexibility index (Phi) is 4.77. The molecule has 0 unspecified atom stereocenters. The van der Waals surface area contributed by atoms with Gasteiger partial charge in [0, 0.05) is 13.1 Å². The van der Waals surface area contributed by atoms with E-state index in [1.54, 1.807) is 44.6 Å². The number of rotatable bonds is 5. The van der Waals surface area contributed by atoms with Crippen molar-refractivity contribution in [1.29, 1.82) is 0 Å². The molecule has 1 saturated heterocycles. The molecular weight excluding hydrogens is 356 g/mol. The normalized spacial score (nSPS) is 16.9. The maximum atomic E-state index is 13.4. The largest absolute Gasteiger partial charge is 0.493 e. The summed E-state index contributed by atoms with van der Waals surface area (Å²) in [6.45, 7) is 1.54. The van der Waals surface area contributed by atoms with Crippen molar-refractivity contribution >= 4 is 23.1 Å². The predicted octanol–water partition coefficient (Wildman–Crippen LogP) is 3.08. The van der Waals surface area contributed by atoms with Crippen LogP contribution in [0, 0.1) is 0 Å². The number of anilines is 1. The van der Waals surface area contributed by atoms with Gasteiger partial charge >= 0.3 is 0 Å². The summed E-state index contributed by atoms with van der Waals surface area (Å²) < 4.78 is 10.7. The second-order valence-electron chi connectivity index (χ2n) is 6.77. The highest BCUT2D eigenvalue weighted by molar-refractivity contribution is 6.45. The van der Waals surface area contributed by atoms with Crippen LogP contribution in [0.2, 0.25) is 0 Å². The van der Waals surface area contributed by atoms with Crippen LogP contribution in [0.15, 0.2) is 54.2 Å². The van der Waals surface area contributed by atoms with Crippen molar-refractivity contribution in [3.8, 4) is 11.5 Å². The lowest BCUT2D eigenvalue weighted by Crippen LogP contribution is -2.34. The minimum atomic E-state index is -0.315. The maximum Gasteiger partial charge on any atom is 0.282 e. The average molecular weight is 378 g/mol. The van der Waals surface area contributed by atoms with Gasteiger partial charge in [0.2, 0.25) is 0 Å². The van der Waals surface area contributed by atoms with Crippen LogP contribution in [0.5, 0.6) is 11.5 Å². The highest BCUT2D eigenvalue weighted by Crippen LogP contribution is 2.38. The van der Waals surface area contributed by atoms with Crippen LogP contribution < -0.4 is 14.4 Å². The first kappa shape index (κ1) is 18.1. The Balaban J connectivity index is 1.85. The summed E-state index contributed by atoms with van der Waals surface area (Å²) in [6.07, 6.45) is 2.02. The van der Waals surface area contributed by atoms with Crippen LogP contribution in [-0.4, -0.2) is 44.0 Å². The molecule has 2 aliphatic heterocycles. The Hall–Kier alpha value is -3.28. The van der Waals surface area contributed by atoms with E-state index in [0.717, 1.165) is 25.9 Å². The molecule has 1 fully saturated rings. The molecule has 0 spiro atoms. The first-order chi connectivity index (χ1) is 13.7. The lowest BCUT2D eigenvalue weighted by molar-refractivity contribution is -0.120. The monoisotopic (exact) mass is 378 g/mol. The van der Waals surface area contributed by atoms with Crippen LogP contribution in [0.4, 0.5) is 5.69 Å². The summed E-state index contributed by atoms with van der Waals surface area (Å²) in [5.74, 6) is 0.506. The van der Waals surface area contributed by atoms with Crippen molar-refractivity contribution in [1.82, 2.24) is 4.90 Å². The Labute approximate surface area is 164 Å². The van der Waals surface area contributed by atoms with Gasteiger partial charge in [0.05, 0.1) is 25.5 Å². The van der Waals surface area contributed by atoms with Gasteiger partial charge in [-0.25, -0.2) is 4.90 Å². The first-order valence-electron chi connectivity index (χ1n) is 9.31. The number of ether oxygens (including phenoxy) is 2. The molecule has 2 amide bonds. The molecule has 0 saturated carbocycles. The highest BCUT2D eigenvalue weighted by Gasteiger charge is 2.43. The van der Waals surface area contributed by atoms with E-state index in [0.29, 0.717) is 34.0 Å². The summed E-state index contributed by atoms with van der Waals surface area (Å²) in [7, 11) is 3.11. The summed E-state index contributed by atoms with van der Waals surface area (Å²) in [5, 5.41) is 0. The van der Waals surface area contributed by atoms with Gasteiger partial charge in [0.15, 0.2) is 11.5 Å². The summed E-state index contributed by atoms with van der Waals surface area (Å²) in [6, 6.07) is 14.4. The zero-order chi connectivity index (χ0) is 19.7. The lowest BCUT2D eigenvalue weighted by atomic mass is 10.0. The fraction of sp³-hybridized carbons (Fsp3) is 0.273. The predicted molar refractivity (Wildman–Crippen MR) is 106 cm³/mol. The molecule has 0 aliphatic carbocycles. The van der Waals surface area contributed by atoms with E-state index >= 15 is 0 Å². The smallest absolute Gasteiger partial charge is 0.282 e. The number of hydrogen-bond acceptors (Lipinski definition) is 5. The number of hydrogen-bond donors (Lipinski definition) is 0. The van der Waals surface area contributed by atoms with Crippen LogP contribution in [0.1, 0.15) is 18.4 Å². The van der Waals surface area contributed by atoms with Gasteiger partial charge in [-0.2, -0.15) is 0 Å². The molecule has 4 rings (SSSR count). The molecule has 6 heteroatoms. The quantitative estimate of drug-likeness (QED) is 0.749. The van der Waals surface area contributed by atoms with Crippen LogP contribution in [0.3, 0.4) is 0 Å². The van der Waals surface area contributed by atoms with E-state index in [1.807, 2.05) is 23.1 Å². The van der Waals surface area contributed by atoms with Crippen molar-refractivity contribution in [3.05, 3.63) is 59.8 Å². The van der Waals surface area contributed by atoms with E-state index in [1.165, 1.54) is 4.90 Å². The summed E-state index contributed by atoms with van der Waals surface area (Å²) in [5.41, 5.74) is 2.11. The van der Waals surface area contributed by atoms with E-state index < -0.39 is 0 Å². The van der Waals surface area contributed by atoms with Crippen molar-refractivity contribution < 1.29 is 19.1 Å². The van der Waals surface area contributed by atoms with E-state index in [9.17, 15) is 9.59 Å². The number of benzene rings is 2. The number of imide groups is 1. The number of nitrogens with zero attached hydrogens (tertiary/aromatic N) is 2. The molecule has 6 nitrogen and oxygen atoms in total. The lowest BCUT2D eigenvalue weighted by Gasteiger charge is -2.20. The number of carbonyl (C=O) groups excluding carboxylic acids is 2. The van der Waals surface area contributed by atoms with Crippen LogP contribution >= 0.6 is 0 Å². The molecule has 0 bridgehead atoms. The van der Waals surface area contributed by atoms with Gasteiger partial charge in [-0.05, 0) is 42.7 Å². The second-order valence-corrected chi connectivity index (χ2v) is 6.77. The van der Waals surface area contributed by atoms with Crippen molar-refractivity contribution in [2.24, 2.45) is 0 Å². The molecule has 0 atom stereocenters. The molecule has 0 aromatic heterocycles. The zero-order valence-corrected chi connectivity index (χ0v) is 16.0. The summed E-state index contributed by atoms with van der Waals surface area (Å²) >= 11 is 0. The van der Waals surface area contributed by atoms with Crippen molar-refractivity contribution in [2.75, 3.05) is 32.2 Å². The second kappa shape index (κ2) is 7.38. The van der Waals surface area contributed by atoms with Gasteiger partial charge < -0.3 is 14.4 Å². The molecule has 28 heavy (non-hydrogen) atoms. The number of para-hydroxylation sites is 1. The van der Waals surface area contributed by atoms with E-state index in [-0.39, 0.29) is 11.8 Å². The Morgan fingerprint density at radius 2 is 1.50 bits per heavy atom. The Bertz CT molecular complexity index is 946. The number of likely N-dealkylation sites (tertiary alicyclic amines) is 1. The SMILES string of the molecule is COc1ccc(C2=C(N3CCCC3)C(=O)N(c3ccccc3)C2=O)cc1OC. The van der Waals surface area contributed by atoms with Crippen LogP contribution in [-0.2, 0) is 9.59 Å². The van der Waals surface area contributed by atoms with Gasteiger partial charge in [-0.15, -0.1) is 0 Å². The molecule has 2 aromatic carbocycles. The first-order valence-corrected chi connectivity index (χ1v) is 9.31. The topological polar surface area (TPSA) is 59.1 Å². The summed E-state index contributed by atoms with van der Waals surface area (Å²) in [4.78, 5) is 30.0. The average Bonchev–Trinajstić information content (AvgIpc) is 3.34. The van der Waals surface area contributed by atoms with Gasteiger partial charge in [-0.3, -0.25) is 9.59 Å². The standard InChI is InChI=1S/C22H22N2O4/c1-27-17-11-10-15(14-18(17)28-2)19-20(23-12-6-7-13-23)22(26)24(21(19)25)16-8-4-3-5-9-16/h3-5,8-11,14H,6-7,12-13H2,1-2H3. The molecule has 2 heterocycles. The zero-order valence-electron chi connectivity index (χ0n) is 16.0. The molecule has 0 radical (unpaired) electrons. The Morgan fingerprint density at radius 3 is 2.14 bits per heavy atom. The van der Waals surface area contributed by atoms with Crippen LogP contribution in [0.25, 0.3) is 5.57 Å². The van der Waals surface area contributed by atoms with Crippen molar-refractivity contribution in [2.45, 2.75) is 12.8 Å². The third-order valence-electron chi connectivity index (χ3n) is 5.17. The van der Waals surface area contributed by atoms with Gasteiger partial charge in [-0.1, -0.05) is 24.3 Å². The van der Waals surface area contributed by atoms with E-state index in [4.69, 9.17) is 9.47 Å². The number of methoxy groups -OCH3 is 2. The molecule has 0 N–H and O–H groups in total. The third-order valence-corrected chi connectivity index (χ3v) is 5.17. The number of amides is 2. The number of carbonyl (C=O) groups is 2. The molecular formula is C22H22N2O4. The van der Waals surface area contributed by atoms with Gasteiger partial charge in [0.1, 0.15) is 5.70 Å². The minimum absolute atomic E-state index is 0.275. The highest BCUT2D eigenvalue weighted by atomic mass is 16.5. The third kappa shape index (κ3) is 2.91. The molecule has 2 aromatic rings. The minimum Gasteiger partial charge on any atom is -0.493 e. The fourth-order valence-electron chi connectivity index (χ4n) is 3.82. The maximum absolute atomic E-state index is 13.4. The van der Waals surface area contributed by atoms with Crippen molar-refractivity contribution in [3.63, 3.8) is 0 Å². The Morgan fingerprint density at radius 1 is 0.821 bits per heavy atom. The molecule has 2 aliphatic rings. The molecule has 144 valence electrons. The van der Waals surface area contributed by atoms with E-state index in [2.05, 4.69) is 0 Å². The van der Waals surface area contributed by atoms with Gasteiger partial charge in [0.25, 0.3) is 11.8 Å². The fourth-order valence-corrected chi connectivity index (χ4v) is 3.82.